The van der Waals surface area contributed by atoms with Gasteiger partial charge in [0.05, 0.1) is 19.8 Å². The van der Waals surface area contributed by atoms with Crippen LogP contribution < -0.4 is 9.47 Å². The molecule has 31 heavy (non-hydrogen) atoms. The Morgan fingerprint density at radius 3 is 2.39 bits per heavy atom. The van der Waals surface area contributed by atoms with E-state index < -0.39 is 11.9 Å². The molecule has 0 amide bonds. The van der Waals surface area contributed by atoms with Gasteiger partial charge < -0.3 is 29.3 Å². The number of piperidine rings is 1. The third-order valence-electron chi connectivity index (χ3n) is 5.18. The van der Waals surface area contributed by atoms with E-state index in [2.05, 4.69) is 11.8 Å². The van der Waals surface area contributed by atoms with Gasteiger partial charge in [-0.05, 0) is 50.4 Å². The van der Waals surface area contributed by atoms with Gasteiger partial charge in [0, 0.05) is 24.7 Å². The van der Waals surface area contributed by atoms with Crippen LogP contribution in [0.4, 0.5) is 0 Å². The predicted molar refractivity (Wildman–Crippen MR) is 118 cm³/mol. The lowest BCUT2D eigenvalue weighted by atomic mass is 9.91. The average molecular weight is 460 g/mol. The summed E-state index contributed by atoms with van der Waals surface area (Å²) < 4.78 is 16.9. The van der Waals surface area contributed by atoms with E-state index in [1.807, 2.05) is 19.2 Å². The number of carboxylic acid groups (broad SMARTS) is 2. The second-order valence-corrected chi connectivity index (χ2v) is 7.84. The van der Waals surface area contributed by atoms with Crippen LogP contribution in [0.25, 0.3) is 0 Å². The fraction of sp³-hybridized carbons (Fsp3) is 0.636. The van der Waals surface area contributed by atoms with E-state index in [9.17, 15) is 0 Å². The third-order valence-corrected chi connectivity index (χ3v) is 5.40. The Morgan fingerprint density at radius 1 is 1.13 bits per heavy atom. The van der Waals surface area contributed by atoms with Crippen molar-refractivity contribution in [3.8, 4) is 11.5 Å². The summed E-state index contributed by atoms with van der Waals surface area (Å²) in [6.45, 7) is 6.32. The van der Waals surface area contributed by atoms with Crippen LogP contribution in [0.3, 0.4) is 0 Å². The standard InChI is InChI=1S/C20H32ClNO3.C2H2O4/c1-4-5-6-9-22-10-7-16(20(15-22)24-3)8-11-25-19-13-17(21)12-18(14-19)23-2;3-1(4)2(5)6/h12-14,16,20H,4-11,15H2,1-3H3;(H,3,4)(H,5,6)/t16-,20+;/m0./s1. The van der Waals surface area contributed by atoms with E-state index in [0.29, 0.717) is 23.7 Å². The first-order valence-electron chi connectivity index (χ1n) is 10.5. The molecule has 0 aliphatic carbocycles. The number of aliphatic carboxylic acids is 2. The van der Waals surface area contributed by atoms with E-state index in [4.69, 9.17) is 45.6 Å². The summed E-state index contributed by atoms with van der Waals surface area (Å²) in [5, 5.41) is 15.4. The number of likely N-dealkylation sites (tertiary alicyclic amines) is 1. The van der Waals surface area contributed by atoms with E-state index in [-0.39, 0.29) is 0 Å². The minimum Gasteiger partial charge on any atom is -0.497 e. The van der Waals surface area contributed by atoms with Gasteiger partial charge in [0.1, 0.15) is 11.5 Å². The van der Waals surface area contributed by atoms with Crippen LogP contribution in [0.1, 0.15) is 39.0 Å². The lowest BCUT2D eigenvalue weighted by Gasteiger charge is -2.37. The molecule has 1 heterocycles. The number of nitrogens with zero attached hydrogens (tertiary/aromatic N) is 1. The molecule has 0 spiro atoms. The zero-order chi connectivity index (χ0) is 23.2. The predicted octanol–water partition coefficient (Wildman–Crippen LogP) is 3.80. The molecule has 2 rings (SSSR count). The van der Waals surface area contributed by atoms with Gasteiger partial charge in [-0.3, -0.25) is 0 Å². The maximum atomic E-state index is 9.10. The highest BCUT2D eigenvalue weighted by Crippen LogP contribution is 2.27. The zero-order valence-corrected chi connectivity index (χ0v) is 19.3. The number of halogens is 1. The van der Waals surface area contributed by atoms with Gasteiger partial charge in [-0.2, -0.15) is 0 Å². The van der Waals surface area contributed by atoms with Gasteiger partial charge in [0.15, 0.2) is 0 Å². The van der Waals surface area contributed by atoms with Crippen molar-refractivity contribution in [2.45, 2.75) is 45.1 Å². The topological polar surface area (TPSA) is 106 Å². The molecule has 1 fully saturated rings. The molecule has 0 radical (unpaired) electrons. The second-order valence-electron chi connectivity index (χ2n) is 7.40. The molecule has 1 aliphatic rings. The summed E-state index contributed by atoms with van der Waals surface area (Å²) in [6, 6.07) is 5.48. The quantitative estimate of drug-likeness (QED) is 0.402. The Kier molecular flexibility index (Phi) is 13.0. The molecule has 9 heteroatoms. The van der Waals surface area contributed by atoms with E-state index >= 15 is 0 Å². The fourth-order valence-electron chi connectivity index (χ4n) is 3.48. The Labute approximate surface area is 189 Å². The van der Waals surface area contributed by atoms with Crippen LogP contribution in [0.2, 0.25) is 5.02 Å². The molecular weight excluding hydrogens is 426 g/mol. The van der Waals surface area contributed by atoms with E-state index in [0.717, 1.165) is 24.5 Å². The molecule has 0 bridgehead atoms. The molecule has 0 unspecified atom stereocenters. The Hall–Kier alpha value is -2.03. The summed E-state index contributed by atoms with van der Waals surface area (Å²) in [5.41, 5.74) is 0. The smallest absolute Gasteiger partial charge is 0.414 e. The number of carbonyl (C=O) groups is 2. The van der Waals surface area contributed by atoms with E-state index in [1.165, 1.54) is 38.8 Å². The Morgan fingerprint density at radius 2 is 1.81 bits per heavy atom. The minimum absolute atomic E-state index is 0.299. The number of methoxy groups -OCH3 is 2. The summed E-state index contributed by atoms with van der Waals surface area (Å²) in [5.74, 6) is -1.62. The van der Waals surface area contributed by atoms with Crippen LogP contribution in [0.5, 0.6) is 11.5 Å². The molecule has 1 aliphatic heterocycles. The van der Waals surface area contributed by atoms with Crippen molar-refractivity contribution in [1.82, 2.24) is 4.90 Å². The molecule has 8 nitrogen and oxygen atoms in total. The SMILES string of the molecule is CCCCCN1CC[C@@H](CCOc2cc(Cl)cc(OC)c2)[C@H](OC)C1.O=C(O)C(=O)O. The molecule has 1 aromatic rings. The van der Waals surface area contributed by atoms with Gasteiger partial charge in [-0.1, -0.05) is 31.4 Å². The molecule has 2 N–H and O–H groups in total. The minimum atomic E-state index is -1.82. The molecular formula is C22H34ClNO7. The first kappa shape index (κ1) is 27.0. The molecule has 0 saturated carbocycles. The number of hydrogen-bond donors (Lipinski definition) is 2. The summed E-state index contributed by atoms with van der Waals surface area (Å²) in [4.78, 5) is 20.7. The normalized spacial score (nSPS) is 18.6. The molecule has 2 atom stereocenters. The van der Waals surface area contributed by atoms with Gasteiger partial charge in [-0.25, -0.2) is 9.59 Å². The molecule has 1 saturated heterocycles. The number of unbranched alkanes of at least 4 members (excludes halogenated alkanes) is 2. The van der Waals surface area contributed by atoms with Crippen LogP contribution in [0, 0.1) is 5.92 Å². The van der Waals surface area contributed by atoms with Crippen molar-refractivity contribution in [2.75, 3.05) is 40.5 Å². The Bertz CT molecular complexity index is 674. The van der Waals surface area contributed by atoms with Crippen LogP contribution in [0.15, 0.2) is 18.2 Å². The van der Waals surface area contributed by atoms with Crippen molar-refractivity contribution < 1.29 is 34.0 Å². The van der Waals surface area contributed by atoms with Crippen LogP contribution >= 0.6 is 11.6 Å². The van der Waals surface area contributed by atoms with Crippen molar-refractivity contribution in [3.63, 3.8) is 0 Å². The first-order chi connectivity index (χ1) is 14.8. The van der Waals surface area contributed by atoms with Crippen LogP contribution in [-0.2, 0) is 14.3 Å². The van der Waals surface area contributed by atoms with Crippen LogP contribution in [-0.4, -0.2) is 73.6 Å². The van der Waals surface area contributed by atoms with Gasteiger partial charge >= 0.3 is 11.9 Å². The highest BCUT2D eigenvalue weighted by Gasteiger charge is 2.28. The second kappa shape index (κ2) is 14.9. The largest absolute Gasteiger partial charge is 0.497 e. The average Bonchev–Trinajstić information content (AvgIpc) is 2.74. The lowest BCUT2D eigenvalue weighted by molar-refractivity contribution is -0.159. The zero-order valence-electron chi connectivity index (χ0n) is 18.5. The van der Waals surface area contributed by atoms with Gasteiger partial charge in [-0.15, -0.1) is 0 Å². The number of hydrogen-bond acceptors (Lipinski definition) is 6. The lowest BCUT2D eigenvalue weighted by Crippen LogP contribution is -2.45. The maximum absolute atomic E-state index is 9.10. The number of ether oxygens (including phenoxy) is 3. The third kappa shape index (κ3) is 10.7. The monoisotopic (exact) mass is 459 g/mol. The maximum Gasteiger partial charge on any atom is 0.414 e. The summed E-state index contributed by atoms with van der Waals surface area (Å²) in [7, 11) is 3.46. The van der Waals surface area contributed by atoms with Crippen molar-refractivity contribution in [2.24, 2.45) is 5.92 Å². The van der Waals surface area contributed by atoms with Crippen molar-refractivity contribution in [1.29, 1.82) is 0 Å². The molecule has 1 aromatic carbocycles. The van der Waals surface area contributed by atoms with E-state index in [1.54, 1.807) is 13.2 Å². The summed E-state index contributed by atoms with van der Waals surface area (Å²) >= 11 is 6.08. The fourth-order valence-corrected chi connectivity index (χ4v) is 3.70. The number of carboxylic acids is 2. The molecule has 176 valence electrons. The highest BCUT2D eigenvalue weighted by atomic mass is 35.5. The van der Waals surface area contributed by atoms with Crippen molar-refractivity contribution >= 4 is 23.5 Å². The number of benzene rings is 1. The van der Waals surface area contributed by atoms with Crippen molar-refractivity contribution in [3.05, 3.63) is 23.2 Å². The van der Waals surface area contributed by atoms with Gasteiger partial charge in [0.2, 0.25) is 0 Å². The van der Waals surface area contributed by atoms with Gasteiger partial charge in [0.25, 0.3) is 0 Å². The molecule has 0 aromatic heterocycles. The number of rotatable bonds is 10. The first-order valence-corrected chi connectivity index (χ1v) is 10.9. The highest BCUT2D eigenvalue weighted by molar-refractivity contribution is 6.30. The Balaban J connectivity index is 0.000000703. The summed E-state index contributed by atoms with van der Waals surface area (Å²) in [6.07, 6.45) is 6.35.